The van der Waals surface area contributed by atoms with Gasteiger partial charge in [0.2, 0.25) is 0 Å². The number of rotatable bonds is 7. The van der Waals surface area contributed by atoms with Crippen molar-refractivity contribution >= 4 is 0 Å². The molecule has 2 fully saturated rings. The van der Waals surface area contributed by atoms with Gasteiger partial charge in [-0.25, -0.2) is 0 Å². The summed E-state index contributed by atoms with van der Waals surface area (Å²) >= 11 is 0. The third-order valence-corrected chi connectivity index (χ3v) is 4.67. The molecule has 20 heavy (non-hydrogen) atoms. The number of hydrogen-bond acceptors (Lipinski definition) is 2. The first-order valence-electron chi connectivity index (χ1n) is 8.15. The first-order chi connectivity index (χ1) is 9.68. The van der Waals surface area contributed by atoms with Gasteiger partial charge in [-0.1, -0.05) is 32.4 Å². The highest BCUT2D eigenvalue weighted by Crippen LogP contribution is 2.44. The van der Waals surface area contributed by atoms with Crippen molar-refractivity contribution in [2.45, 2.75) is 57.4 Å². The van der Waals surface area contributed by atoms with Crippen molar-refractivity contribution in [2.24, 2.45) is 5.92 Å². The second-order valence-electron chi connectivity index (χ2n) is 7.02. The van der Waals surface area contributed by atoms with Crippen molar-refractivity contribution < 1.29 is 4.74 Å². The number of benzene rings is 1. The SMILES string of the molecule is CC(C)COc1ccc(C2(CNC3CC3)CCC2)cc1. The van der Waals surface area contributed by atoms with Crippen LogP contribution in [0.2, 0.25) is 0 Å². The summed E-state index contributed by atoms with van der Waals surface area (Å²) in [6.45, 7) is 6.32. The molecule has 0 heterocycles. The summed E-state index contributed by atoms with van der Waals surface area (Å²) < 4.78 is 5.78. The van der Waals surface area contributed by atoms with Crippen molar-refractivity contribution in [1.29, 1.82) is 0 Å². The summed E-state index contributed by atoms with van der Waals surface area (Å²) in [4.78, 5) is 0. The van der Waals surface area contributed by atoms with E-state index in [1.165, 1.54) is 37.7 Å². The molecule has 2 nitrogen and oxygen atoms in total. The standard InChI is InChI=1S/C18H27NO/c1-14(2)12-20-17-8-4-15(5-9-17)18(10-3-11-18)13-19-16-6-7-16/h4-5,8-9,14,16,19H,3,6-7,10-13H2,1-2H3. The number of hydrogen-bond donors (Lipinski definition) is 1. The van der Waals surface area contributed by atoms with E-state index in [9.17, 15) is 0 Å². The molecule has 0 spiro atoms. The van der Waals surface area contributed by atoms with Gasteiger partial charge in [0.05, 0.1) is 6.61 Å². The maximum Gasteiger partial charge on any atom is 0.119 e. The van der Waals surface area contributed by atoms with Gasteiger partial charge in [-0.15, -0.1) is 0 Å². The van der Waals surface area contributed by atoms with Crippen LogP contribution in [0.1, 0.15) is 51.5 Å². The van der Waals surface area contributed by atoms with E-state index in [2.05, 4.69) is 43.4 Å². The van der Waals surface area contributed by atoms with Crippen molar-refractivity contribution in [3.63, 3.8) is 0 Å². The van der Waals surface area contributed by atoms with Crippen LogP contribution in [0.25, 0.3) is 0 Å². The van der Waals surface area contributed by atoms with E-state index >= 15 is 0 Å². The third kappa shape index (κ3) is 3.17. The molecule has 0 aromatic heterocycles. The Balaban J connectivity index is 1.62. The second kappa shape index (κ2) is 5.77. The van der Waals surface area contributed by atoms with Gasteiger partial charge in [-0.3, -0.25) is 0 Å². The van der Waals surface area contributed by atoms with E-state index in [0.29, 0.717) is 11.3 Å². The lowest BCUT2D eigenvalue weighted by Gasteiger charge is -2.43. The highest BCUT2D eigenvalue weighted by Gasteiger charge is 2.39. The Labute approximate surface area is 122 Å². The highest BCUT2D eigenvalue weighted by molar-refractivity contribution is 5.34. The van der Waals surface area contributed by atoms with E-state index in [1.807, 2.05) is 0 Å². The zero-order chi connectivity index (χ0) is 14.0. The fourth-order valence-corrected chi connectivity index (χ4v) is 2.97. The minimum absolute atomic E-state index is 0.402. The Hall–Kier alpha value is -1.02. The van der Waals surface area contributed by atoms with Crippen LogP contribution in [0.5, 0.6) is 5.75 Å². The molecule has 1 aromatic rings. The van der Waals surface area contributed by atoms with Gasteiger partial charge in [0.1, 0.15) is 5.75 Å². The van der Waals surface area contributed by atoms with E-state index < -0.39 is 0 Å². The van der Waals surface area contributed by atoms with Gasteiger partial charge in [0.15, 0.2) is 0 Å². The highest BCUT2D eigenvalue weighted by atomic mass is 16.5. The van der Waals surface area contributed by atoms with Gasteiger partial charge in [-0.05, 0) is 49.3 Å². The molecule has 0 atom stereocenters. The molecule has 0 amide bonds. The van der Waals surface area contributed by atoms with E-state index in [0.717, 1.165) is 24.9 Å². The summed E-state index contributed by atoms with van der Waals surface area (Å²) in [6.07, 6.45) is 6.78. The molecule has 1 aromatic carbocycles. The number of nitrogens with one attached hydrogen (secondary N) is 1. The lowest BCUT2D eigenvalue weighted by molar-refractivity contribution is 0.232. The Bertz CT molecular complexity index is 429. The van der Waals surface area contributed by atoms with E-state index in [-0.39, 0.29) is 0 Å². The van der Waals surface area contributed by atoms with Crippen LogP contribution in [0.3, 0.4) is 0 Å². The largest absolute Gasteiger partial charge is 0.493 e. The Morgan fingerprint density at radius 2 is 1.90 bits per heavy atom. The average Bonchev–Trinajstić information content (AvgIpc) is 3.20. The molecule has 0 radical (unpaired) electrons. The summed E-state index contributed by atoms with van der Waals surface area (Å²) in [5.41, 5.74) is 1.90. The molecule has 110 valence electrons. The predicted molar refractivity (Wildman–Crippen MR) is 83.3 cm³/mol. The molecule has 3 rings (SSSR count). The van der Waals surface area contributed by atoms with Gasteiger partial charge in [-0.2, -0.15) is 0 Å². The predicted octanol–water partition coefficient (Wildman–Crippen LogP) is 3.90. The molecule has 2 heteroatoms. The van der Waals surface area contributed by atoms with Crippen molar-refractivity contribution in [1.82, 2.24) is 5.32 Å². The van der Waals surface area contributed by atoms with E-state index in [4.69, 9.17) is 4.74 Å². The van der Waals surface area contributed by atoms with Crippen LogP contribution in [0.4, 0.5) is 0 Å². The lowest BCUT2D eigenvalue weighted by atomic mass is 9.64. The molecule has 2 aliphatic carbocycles. The molecule has 2 aliphatic rings. The Morgan fingerprint density at radius 3 is 2.40 bits per heavy atom. The van der Waals surface area contributed by atoms with E-state index in [1.54, 1.807) is 0 Å². The molecule has 1 N–H and O–H groups in total. The topological polar surface area (TPSA) is 21.3 Å². The van der Waals surface area contributed by atoms with Crippen LogP contribution in [0, 0.1) is 5.92 Å². The third-order valence-electron chi connectivity index (χ3n) is 4.67. The van der Waals surface area contributed by atoms with Gasteiger partial charge >= 0.3 is 0 Å². The minimum Gasteiger partial charge on any atom is -0.493 e. The van der Waals surface area contributed by atoms with Gasteiger partial charge in [0, 0.05) is 18.0 Å². The Morgan fingerprint density at radius 1 is 1.20 bits per heavy atom. The first kappa shape index (κ1) is 13.9. The van der Waals surface area contributed by atoms with Crippen LogP contribution in [0.15, 0.2) is 24.3 Å². The fraction of sp³-hybridized carbons (Fsp3) is 0.667. The van der Waals surface area contributed by atoms with Crippen LogP contribution in [-0.4, -0.2) is 19.2 Å². The molecular formula is C18H27NO. The summed E-state index contributed by atoms with van der Waals surface area (Å²) in [7, 11) is 0. The molecule has 0 unspecified atom stereocenters. The average molecular weight is 273 g/mol. The molecule has 0 saturated heterocycles. The monoisotopic (exact) mass is 273 g/mol. The minimum atomic E-state index is 0.402. The molecule has 0 bridgehead atoms. The van der Waals surface area contributed by atoms with Crippen molar-refractivity contribution in [3.05, 3.63) is 29.8 Å². The maximum absolute atomic E-state index is 5.78. The first-order valence-corrected chi connectivity index (χ1v) is 8.15. The quantitative estimate of drug-likeness (QED) is 0.813. The van der Waals surface area contributed by atoms with Crippen molar-refractivity contribution in [3.8, 4) is 5.75 Å². The summed E-state index contributed by atoms with van der Waals surface area (Å²) in [6, 6.07) is 9.66. The van der Waals surface area contributed by atoms with Crippen LogP contribution < -0.4 is 10.1 Å². The smallest absolute Gasteiger partial charge is 0.119 e. The molecule has 0 aliphatic heterocycles. The summed E-state index contributed by atoms with van der Waals surface area (Å²) in [5, 5.41) is 3.72. The number of ether oxygens (including phenoxy) is 1. The molecule has 2 saturated carbocycles. The zero-order valence-corrected chi connectivity index (χ0v) is 12.8. The van der Waals surface area contributed by atoms with Gasteiger partial charge < -0.3 is 10.1 Å². The van der Waals surface area contributed by atoms with Crippen molar-refractivity contribution in [2.75, 3.05) is 13.2 Å². The normalized spacial score (nSPS) is 20.8. The van der Waals surface area contributed by atoms with Gasteiger partial charge in [0.25, 0.3) is 0 Å². The van der Waals surface area contributed by atoms with Crippen LogP contribution in [-0.2, 0) is 5.41 Å². The molecular weight excluding hydrogens is 246 g/mol. The fourth-order valence-electron chi connectivity index (χ4n) is 2.97. The lowest BCUT2D eigenvalue weighted by Crippen LogP contribution is -2.44. The summed E-state index contributed by atoms with van der Waals surface area (Å²) in [5.74, 6) is 1.59. The van der Waals surface area contributed by atoms with Crippen LogP contribution >= 0.6 is 0 Å². The maximum atomic E-state index is 5.78. The zero-order valence-electron chi connectivity index (χ0n) is 12.8. The second-order valence-corrected chi connectivity index (χ2v) is 7.02. The Kier molecular flexibility index (Phi) is 4.02.